The topological polar surface area (TPSA) is 87.6 Å². The highest BCUT2D eigenvalue weighted by molar-refractivity contribution is 5.79. The van der Waals surface area contributed by atoms with E-state index in [2.05, 4.69) is 15.3 Å². The second-order valence-corrected chi connectivity index (χ2v) is 11.3. The lowest BCUT2D eigenvalue weighted by molar-refractivity contribution is -0.192. The number of carbonyl (C=O) groups excluding carboxylic acids is 1. The molecule has 2 atom stereocenters. The van der Waals surface area contributed by atoms with Crippen LogP contribution < -0.4 is 5.32 Å². The van der Waals surface area contributed by atoms with Crippen LogP contribution in [-0.2, 0) is 22.5 Å². The second kappa shape index (κ2) is 7.94. The van der Waals surface area contributed by atoms with Crippen LogP contribution in [0.5, 0.6) is 0 Å². The quantitative estimate of drug-likeness (QED) is 0.732. The lowest BCUT2D eigenvalue weighted by atomic mass is 9.39. The molecule has 1 saturated heterocycles. The zero-order valence-corrected chi connectivity index (χ0v) is 19.0. The minimum absolute atomic E-state index is 0.0832. The molecule has 5 fully saturated rings. The van der Waals surface area contributed by atoms with Crippen LogP contribution in [0, 0.1) is 22.7 Å². The van der Waals surface area contributed by atoms with Crippen molar-refractivity contribution < 1.29 is 14.6 Å². The van der Waals surface area contributed by atoms with Crippen LogP contribution in [0.25, 0.3) is 0 Å². The smallest absolute Gasteiger partial charge is 0.226 e. The highest BCUT2D eigenvalue weighted by Gasteiger charge is 2.62. The molecule has 6 aliphatic rings. The number of aliphatic hydroxyl groups is 1. The highest BCUT2D eigenvalue weighted by Crippen LogP contribution is 2.70. The van der Waals surface area contributed by atoms with E-state index in [-0.39, 0.29) is 23.3 Å². The third-order valence-electron chi connectivity index (χ3n) is 9.25. The van der Waals surface area contributed by atoms with Crippen LogP contribution >= 0.6 is 0 Å². The van der Waals surface area contributed by atoms with Crippen LogP contribution in [0.4, 0.5) is 5.82 Å². The van der Waals surface area contributed by atoms with Crippen molar-refractivity contribution in [2.75, 3.05) is 31.6 Å². The third kappa shape index (κ3) is 3.52. The molecule has 1 amide bonds. The summed E-state index contributed by atoms with van der Waals surface area (Å²) in [4.78, 5) is 23.9. The molecule has 7 heteroatoms. The molecule has 4 saturated carbocycles. The van der Waals surface area contributed by atoms with E-state index >= 15 is 0 Å². The molecule has 32 heavy (non-hydrogen) atoms. The van der Waals surface area contributed by atoms with Gasteiger partial charge in [-0.05, 0) is 68.1 Å². The molecule has 0 radical (unpaired) electrons. The fourth-order valence-electron chi connectivity index (χ4n) is 7.92. The summed E-state index contributed by atoms with van der Waals surface area (Å²) >= 11 is 0. The first kappa shape index (κ1) is 20.8. The molecule has 3 bridgehead atoms. The molecule has 2 unspecified atom stereocenters. The molecule has 3 heterocycles. The van der Waals surface area contributed by atoms with E-state index in [4.69, 9.17) is 4.74 Å². The molecule has 1 aromatic rings. The maximum Gasteiger partial charge on any atom is 0.226 e. The zero-order valence-electron chi connectivity index (χ0n) is 19.0. The summed E-state index contributed by atoms with van der Waals surface area (Å²) in [7, 11) is 0. The fraction of sp³-hybridized carbons (Fsp3) is 0.800. The Morgan fingerprint density at radius 3 is 2.91 bits per heavy atom. The first-order chi connectivity index (χ1) is 15.6. The Morgan fingerprint density at radius 1 is 1.25 bits per heavy atom. The predicted octanol–water partition coefficient (Wildman–Crippen LogP) is 2.92. The van der Waals surface area contributed by atoms with E-state index < -0.39 is 0 Å². The van der Waals surface area contributed by atoms with Gasteiger partial charge in [-0.1, -0.05) is 12.8 Å². The number of anilines is 1. The SMILES string of the molecule is O=C(C1CCOCC1)N1CCc2c(ncnc2NCC(O)C23CC4CCCC(C4)(C2)C3)C1. The Balaban J connectivity index is 1.10. The van der Waals surface area contributed by atoms with Gasteiger partial charge in [0, 0.05) is 37.8 Å². The van der Waals surface area contributed by atoms with Crippen LogP contribution in [-0.4, -0.2) is 58.3 Å². The summed E-state index contributed by atoms with van der Waals surface area (Å²) in [5.74, 6) is 1.99. The number of hydrogen-bond acceptors (Lipinski definition) is 6. The number of amides is 1. The first-order valence-electron chi connectivity index (χ1n) is 12.7. The summed E-state index contributed by atoms with van der Waals surface area (Å²) in [5.41, 5.74) is 2.72. The van der Waals surface area contributed by atoms with Crippen LogP contribution in [0.3, 0.4) is 0 Å². The van der Waals surface area contributed by atoms with Crippen molar-refractivity contribution in [1.82, 2.24) is 14.9 Å². The van der Waals surface area contributed by atoms with E-state index in [9.17, 15) is 9.90 Å². The lowest BCUT2D eigenvalue weighted by Gasteiger charge is -2.67. The minimum atomic E-state index is -0.322. The number of ether oxygens (including phenoxy) is 1. The van der Waals surface area contributed by atoms with E-state index in [1.165, 1.54) is 44.9 Å². The maximum absolute atomic E-state index is 12.9. The highest BCUT2D eigenvalue weighted by atomic mass is 16.5. The summed E-state index contributed by atoms with van der Waals surface area (Å²) in [6.07, 6.45) is 12.8. The largest absolute Gasteiger partial charge is 0.391 e. The Kier molecular flexibility index (Phi) is 5.17. The second-order valence-electron chi connectivity index (χ2n) is 11.3. The van der Waals surface area contributed by atoms with Gasteiger partial charge in [-0.3, -0.25) is 4.79 Å². The first-order valence-corrected chi connectivity index (χ1v) is 12.7. The maximum atomic E-state index is 12.9. The van der Waals surface area contributed by atoms with Crippen molar-refractivity contribution >= 4 is 11.7 Å². The molecule has 7 rings (SSSR count). The minimum Gasteiger partial charge on any atom is -0.391 e. The zero-order chi connectivity index (χ0) is 21.8. The van der Waals surface area contributed by atoms with Crippen LogP contribution in [0.1, 0.15) is 69.0 Å². The van der Waals surface area contributed by atoms with Gasteiger partial charge >= 0.3 is 0 Å². The van der Waals surface area contributed by atoms with Gasteiger partial charge < -0.3 is 20.1 Å². The summed E-state index contributed by atoms with van der Waals surface area (Å²) in [6, 6.07) is 0. The van der Waals surface area contributed by atoms with Gasteiger partial charge in [0.2, 0.25) is 5.91 Å². The summed E-state index contributed by atoms with van der Waals surface area (Å²) in [5, 5.41) is 14.6. The number of rotatable bonds is 5. The van der Waals surface area contributed by atoms with Crippen molar-refractivity contribution in [2.45, 2.75) is 76.9 Å². The predicted molar refractivity (Wildman–Crippen MR) is 120 cm³/mol. The standard InChI is InChI=1S/C25H36N4O3/c30-21(25-11-17-2-1-6-24(10-17,14-25)15-25)12-26-22-19-3-7-29(13-20(19)27-16-28-22)23(31)18-4-8-32-9-5-18/h16-18,21,30H,1-15H2,(H,26,27,28). The molecule has 7 nitrogen and oxygen atoms in total. The van der Waals surface area contributed by atoms with Gasteiger partial charge in [0.15, 0.2) is 0 Å². The van der Waals surface area contributed by atoms with E-state index in [0.29, 0.717) is 38.3 Å². The van der Waals surface area contributed by atoms with Gasteiger partial charge in [-0.2, -0.15) is 0 Å². The van der Waals surface area contributed by atoms with E-state index in [0.717, 1.165) is 42.3 Å². The number of fused-ring (bicyclic) bond motifs is 1. The number of hydrogen-bond donors (Lipinski definition) is 2. The summed E-state index contributed by atoms with van der Waals surface area (Å²) < 4.78 is 5.41. The third-order valence-corrected chi connectivity index (χ3v) is 9.25. The van der Waals surface area contributed by atoms with Gasteiger partial charge in [0.05, 0.1) is 18.3 Å². The molecular weight excluding hydrogens is 404 g/mol. The molecule has 1 aromatic heterocycles. The van der Waals surface area contributed by atoms with Crippen molar-refractivity contribution in [3.05, 3.63) is 17.6 Å². The van der Waals surface area contributed by atoms with Gasteiger partial charge in [-0.15, -0.1) is 0 Å². The number of aliphatic hydroxyl groups excluding tert-OH is 1. The fourth-order valence-corrected chi connectivity index (χ4v) is 7.92. The Morgan fingerprint density at radius 2 is 2.09 bits per heavy atom. The molecule has 2 aliphatic heterocycles. The Labute approximate surface area is 190 Å². The Hall–Kier alpha value is -1.73. The van der Waals surface area contributed by atoms with Crippen LogP contribution in [0.2, 0.25) is 0 Å². The number of nitrogens with zero attached hydrogens (tertiary/aromatic N) is 3. The molecule has 4 aliphatic carbocycles. The normalized spacial score (nSPS) is 34.9. The van der Waals surface area contributed by atoms with Gasteiger partial charge in [0.25, 0.3) is 0 Å². The molecule has 0 aromatic carbocycles. The van der Waals surface area contributed by atoms with Crippen molar-refractivity contribution in [2.24, 2.45) is 22.7 Å². The van der Waals surface area contributed by atoms with E-state index in [1.54, 1.807) is 6.33 Å². The molecular formula is C25H36N4O3. The van der Waals surface area contributed by atoms with Crippen molar-refractivity contribution in [3.8, 4) is 0 Å². The van der Waals surface area contributed by atoms with Crippen LogP contribution in [0.15, 0.2) is 6.33 Å². The number of aromatic nitrogens is 2. The number of nitrogens with one attached hydrogen (secondary N) is 1. The van der Waals surface area contributed by atoms with E-state index in [1.807, 2.05) is 4.90 Å². The van der Waals surface area contributed by atoms with Gasteiger partial charge in [-0.25, -0.2) is 9.97 Å². The average molecular weight is 441 g/mol. The van der Waals surface area contributed by atoms with Crippen molar-refractivity contribution in [1.29, 1.82) is 0 Å². The monoisotopic (exact) mass is 440 g/mol. The summed E-state index contributed by atoms with van der Waals surface area (Å²) in [6.45, 7) is 3.18. The lowest BCUT2D eigenvalue weighted by Crippen LogP contribution is -2.61. The Bertz CT molecular complexity index is 872. The molecule has 2 N–H and O–H groups in total. The number of carbonyl (C=O) groups is 1. The molecule has 174 valence electrons. The van der Waals surface area contributed by atoms with Gasteiger partial charge in [0.1, 0.15) is 12.1 Å². The van der Waals surface area contributed by atoms with Crippen molar-refractivity contribution in [3.63, 3.8) is 0 Å². The molecule has 1 spiro atoms. The average Bonchev–Trinajstić information content (AvgIpc) is 2.81.